The Morgan fingerprint density at radius 1 is 1.00 bits per heavy atom. The summed E-state index contributed by atoms with van der Waals surface area (Å²) in [5, 5.41) is 9.93. The second-order valence-corrected chi connectivity index (χ2v) is 8.14. The molecule has 32 heavy (non-hydrogen) atoms. The van der Waals surface area contributed by atoms with E-state index in [-0.39, 0.29) is 29.2 Å². The molecule has 2 unspecified atom stereocenters. The van der Waals surface area contributed by atoms with Gasteiger partial charge in [-0.15, -0.1) is 0 Å². The predicted octanol–water partition coefficient (Wildman–Crippen LogP) is 6.42. The van der Waals surface area contributed by atoms with E-state index in [9.17, 15) is 9.50 Å². The zero-order chi connectivity index (χ0) is 22.5. The molecule has 5 heteroatoms. The van der Waals surface area contributed by atoms with E-state index >= 15 is 0 Å². The molecule has 0 fully saturated rings. The van der Waals surface area contributed by atoms with Crippen LogP contribution in [0.25, 0.3) is 0 Å². The molecular weight excluding hydrogens is 407 g/mol. The monoisotopic (exact) mass is 436 g/mol. The molecule has 4 rings (SSSR count). The molecule has 4 nitrogen and oxygen atoms in total. The number of phenols is 1. The molecule has 1 aliphatic rings. The summed E-state index contributed by atoms with van der Waals surface area (Å²) in [5.74, 6) is 1.44. The SMILES string of the molecule is CCCCCOc1ccc(C2c3ccc(O)cc3OCC2c2ccc(F)c(OC)c2)cc1. The molecule has 0 aromatic heterocycles. The van der Waals surface area contributed by atoms with Crippen molar-refractivity contribution >= 4 is 0 Å². The van der Waals surface area contributed by atoms with E-state index in [1.807, 2.05) is 18.2 Å². The van der Waals surface area contributed by atoms with Crippen molar-refractivity contribution in [3.63, 3.8) is 0 Å². The number of phenolic OH excluding ortho intramolecular Hbond substituents is 1. The molecule has 0 spiro atoms. The molecule has 2 atom stereocenters. The number of unbranched alkanes of at least 4 members (excludes halogenated alkanes) is 2. The average Bonchev–Trinajstić information content (AvgIpc) is 2.82. The van der Waals surface area contributed by atoms with E-state index in [0.29, 0.717) is 19.0 Å². The Balaban J connectivity index is 1.68. The van der Waals surface area contributed by atoms with Crippen LogP contribution in [0.4, 0.5) is 4.39 Å². The maximum Gasteiger partial charge on any atom is 0.165 e. The quantitative estimate of drug-likeness (QED) is 0.414. The number of benzene rings is 3. The second kappa shape index (κ2) is 9.94. The number of fused-ring (bicyclic) bond motifs is 1. The summed E-state index contributed by atoms with van der Waals surface area (Å²) in [6, 6.07) is 18.3. The number of methoxy groups -OCH3 is 1. The van der Waals surface area contributed by atoms with Gasteiger partial charge in [0.1, 0.15) is 17.2 Å². The van der Waals surface area contributed by atoms with Crippen molar-refractivity contribution in [2.45, 2.75) is 38.0 Å². The van der Waals surface area contributed by atoms with Gasteiger partial charge in [0.25, 0.3) is 0 Å². The Labute approximate surface area is 188 Å². The van der Waals surface area contributed by atoms with E-state index in [0.717, 1.165) is 41.7 Å². The van der Waals surface area contributed by atoms with Gasteiger partial charge in [-0.25, -0.2) is 4.39 Å². The number of aromatic hydroxyl groups is 1. The van der Waals surface area contributed by atoms with Gasteiger partial charge in [0, 0.05) is 23.5 Å². The molecule has 3 aromatic carbocycles. The lowest BCUT2D eigenvalue weighted by molar-refractivity contribution is 0.247. The first-order valence-electron chi connectivity index (χ1n) is 11.1. The van der Waals surface area contributed by atoms with E-state index in [1.165, 1.54) is 13.2 Å². The van der Waals surface area contributed by atoms with Crippen LogP contribution in [0.5, 0.6) is 23.0 Å². The van der Waals surface area contributed by atoms with Crippen LogP contribution in [-0.2, 0) is 0 Å². The summed E-state index contributed by atoms with van der Waals surface area (Å²) in [7, 11) is 1.47. The summed E-state index contributed by atoms with van der Waals surface area (Å²) in [6.45, 7) is 3.29. The third-order valence-corrected chi connectivity index (χ3v) is 6.01. The first kappa shape index (κ1) is 22.0. The van der Waals surface area contributed by atoms with Crippen molar-refractivity contribution in [1.29, 1.82) is 0 Å². The normalized spacial score (nSPS) is 17.3. The van der Waals surface area contributed by atoms with Crippen molar-refractivity contribution < 1.29 is 23.7 Å². The highest BCUT2D eigenvalue weighted by Crippen LogP contribution is 2.47. The standard InChI is InChI=1S/C27H29FO4/c1-3-4-5-14-31-21-10-6-18(7-11-21)27-22-12-9-20(29)16-25(22)32-17-23(27)19-8-13-24(28)26(15-19)30-2/h6-13,15-16,23,27,29H,3-5,14,17H2,1-2H3. The lowest BCUT2D eigenvalue weighted by Crippen LogP contribution is -2.25. The lowest BCUT2D eigenvalue weighted by Gasteiger charge is -2.34. The smallest absolute Gasteiger partial charge is 0.165 e. The average molecular weight is 437 g/mol. The van der Waals surface area contributed by atoms with Crippen molar-refractivity contribution in [2.75, 3.05) is 20.3 Å². The molecule has 1 heterocycles. The van der Waals surface area contributed by atoms with E-state index in [2.05, 4.69) is 19.1 Å². The van der Waals surface area contributed by atoms with Crippen LogP contribution in [0.3, 0.4) is 0 Å². The maximum atomic E-state index is 14.0. The Kier molecular flexibility index (Phi) is 6.84. The number of hydrogen-bond acceptors (Lipinski definition) is 4. The van der Waals surface area contributed by atoms with Gasteiger partial charge in [-0.3, -0.25) is 0 Å². The van der Waals surface area contributed by atoms with E-state index in [4.69, 9.17) is 14.2 Å². The highest BCUT2D eigenvalue weighted by Gasteiger charge is 2.34. The van der Waals surface area contributed by atoms with Crippen LogP contribution < -0.4 is 14.2 Å². The number of halogens is 1. The van der Waals surface area contributed by atoms with Gasteiger partial charge in [-0.05, 0) is 47.9 Å². The van der Waals surface area contributed by atoms with Crippen LogP contribution in [0.15, 0.2) is 60.7 Å². The first-order valence-corrected chi connectivity index (χ1v) is 11.1. The van der Waals surface area contributed by atoms with Gasteiger partial charge in [0.15, 0.2) is 11.6 Å². The summed E-state index contributed by atoms with van der Waals surface area (Å²) in [5.41, 5.74) is 3.03. The zero-order valence-corrected chi connectivity index (χ0v) is 18.5. The van der Waals surface area contributed by atoms with Crippen LogP contribution >= 0.6 is 0 Å². The maximum absolute atomic E-state index is 14.0. The van der Waals surface area contributed by atoms with Gasteiger partial charge >= 0.3 is 0 Å². The van der Waals surface area contributed by atoms with Crippen LogP contribution in [0.2, 0.25) is 0 Å². The molecule has 0 bridgehead atoms. The Morgan fingerprint density at radius 2 is 1.78 bits per heavy atom. The minimum atomic E-state index is -0.389. The van der Waals surface area contributed by atoms with Crippen molar-refractivity contribution in [1.82, 2.24) is 0 Å². The molecular formula is C27H29FO4. The highest BCUT2D eigenvalue weighted by molar-refractivity contribution is 5.51. The van der Waals surface area contributed by atoms with Gasteiger partial charge in [-0.2, -0.15) is 0 Å². The lowest BCUT2D eigenvalue weighted by atomic mass is 9.76. The predicted molar refractivity (Wildman–Crippen MR) is 123 cm³/mol. The Hall–Kier alpha value is -3.21. The third kappa shape index (κ3) is 4.67. The Bertz CT molecular complexity index is 1050. The molecule has 3 aromatic rings. The highest BCUT2D eigenvalue weighted by atomic mass is 19.1. The summed E-state index contributed by atoms with van der Waals surface area (Å²) < 4.78 is 31.1. The van der Waals surface area contributed by atoms with Gasteiger partial charge < -0.3 is 19.3 Å². The van der Waals surface area contributed by atoms with Crippen LogP contribution in [0, 0.1) is 5.82 Å². The van der Waals surface area contributed by atoms with Crippen molar-refractivity contribution in [3.05, 3.63) is 83.2 Å². The molecule has 0 amide bonds. The molecule has 1 aliphatic heterocycles. The van der Waals surface area contributed by atoms with Gasteiger partial charge in [0.05, 0.1) is 20.3 Å². The fourth-order valence-corrected chi connectivity index (χ4v) is 4.32. The second-order valence-electron chi connectivity index (χ2n) is 8.14. The van der Waals surface area contributed by atoms with Crippen LogP contribution in [0.1, 0.15) is 54.7 Å². The molecule has 0 radical (unpaired) electrons. The minimum absolute atomic E-state index is 0.0244. The topological polar surface area (TPSA) is 47.9 Å². The van der Waals surface area contributed by atoms with Gasteiger partial charge in [-0.1, -0.05) is 44.0 Å². The molecule has 0 saturated heterocycles. The molecule has 168 valence electrons. The summed E-state index contributed by atoms with van der Waals surface area (Å²) in [6.07, 6.45) is 3.37. The molecule has 1 N–H and O–H groups in total. The first-order chi connectivity index (χ1) is 15.6. The fraction of sp³-hybridized carbons (Fsp3) is 0.333. The van der Waals surface area contributed by atoms with Crippen molar-refractivity contribution in [2.24, 2.45) is 0 Å². The van der Waals surface area contributed by atoms with E-state index < -0.39 is 0 Å². The van der Waals surface area contributed by atoms with Gasteiger partial charge in [0.2, 0.25) is 0 Å². The Morgan fingerprint density at radius 3 is 2.53 bits per heavy atom. The fourth-order valence-electron chi connectivity index (χ4n) is 4.32. The summed E-state index contributed by atoms with van der Waals surface area (Å²) in [4.78, 5) is 0. The number of ether oxygens (including phenoxy) is 3. The molecule has 0 saturated carbocycles. The zero-order valence-electron chi connectivity index (χ0n) is 18.5. The largest absolute Gasteiger partial charge is 0.508 e. The molecule has 0 aliphatic carbocycles. The number of rotatable bonds is 8. The van der Waals surface area contributed by atoms with Crippen LogP contribution in [-0.4, -0.2) is 25.4 Å². The number of hydrogen-bond donors (Lipinski definition) is 1. The summed E-state index contributed by atoms with van der Waals surface area (Å²) >= 11 is 0. The third-order valence-electron chi connectivity index (χ3n) is 6.01. The van der Waals surface area contributed by atoms with Crippen molar-refractivity contribution in [3.8, 4) is 23.0 Å². The van der Waals surface area contributed by atoms with E-state index in [1.54, 1.807) is 24.3 Å². The minimum Gasteiger partial charge on any atom is -0.508 e.